The molecule has 1 aliphatic heterocycles. The van der Waals surface area contributed by atoms with Crippen LogP contribution < -0.4 is 5.11 Å². The lowest BCUT2D eigenvalue weighted by molar-refractivity contribution is -0.446. The SMILES string of the molecule is Cc1ccc(C)c([N+]2=N[C@H](C(=O)[O-])CCC2=O)c1. The van der Waals surface area contributed by atoms with E-state index in [1.807, 2.05) is 32.0 Å². The fourth-order valence-corrected chi connectivity index (χ4v) is 1.94. The maximum atomic E-state index is 11.8. The summed E-state index contributed by atoms with van der Waals surface area (Å²) in [6.07, 6.45) is 0.387. The second kappa shape index (κ2) is 4.68. The zero-order valence-electron chi connectivity index (χ0n) is 10.3. The Hall–Kier alpha value is -2.04. The molecule has 0 bridgehead atoms. The maximum Gasteiger partial charge on any atom is 0.417 e. The van der Waals surface area contributed by atoms with Crippen molar-refractivity contribution in [1.82, 2.24) is 0 Å². The summed E-state index contributed by atoms with van der Waals surface area (Å²) in [7, 11) is 0. The van der Waals surface area contributed by atoms with Crippen molar-refractivity contribution in [3.8, 4) is 0 Å². The average Bonchev–Trinajstić information content (AvgIpc) is 2.33. The van der Waals surface area contributed by atoms with Crippen LogP contribution in [0.4, 0.5) is 5.69 Å². The van der Waals surface area contributed by atoms with Crippen LogP contribution in [0.2, 0.25) is 0 Å². The van der Waals surface area contributed by atoms with Gasteiger partial charge in [0.05, 0.1) is 12.4 Å². The van der Waals surface area contributed by atoms with Gasteiger partial charge in [0.25, 0.3) is 0 Å². The van der Waals surface area contributed by atoms with E-state index in [1.54, 1.807) is 0 Å². The van der Waals surface area contributed by atoms with E-state index in [4.69, 9.17) is 0 Å². The van der Waals surface area contributed by atoms with Crippen LogP contribution in [-0.4, -0.2) is 22.6 Å². The van der Waals surface area contributed by atoms with E-state index in [0.717, 1.165) is 11.1 Å². The average molecular weight is 246 g/mol. The van der Waals surface area contributed by atoms with E-state index in [1.165, 1.54) is 4.70 Å². The summed E-state index contributed by atoms with van der Waals surface area (Å²) < 4.78 is 1.20. The monoisotopic (exact) mass is 246 g/mol. The van der Waals surface area contributed by atoms with Gasteiger partial charge in [0.15, 0.2) is 6.04 Å². The smallest absolute Gasteiger partial charge is 0.417 e. The Morgan fingerprint density at radius 1 is 1.44 bits per heavy atom. The molecular weight excluding hydrogens is 232 g/mol. The number of carboxylic acids is 1. The van der Waals surface area contributed by atoms with Gasteiger partial charge in [-0.1, -0.05) is 12.1 Å². The third-order valence-electron chi connectivity index (χ3n) is 2.99. The highest BCUT2D eigenvalue weighted by Gasteiger charge is 2.33. The van der Waals surface area contributed by atoms with E-state index in [9.17, 15) is 14.7 Å². The Labute approximate surface area is 105 Å². The number of aliphatic carboxylic acids is 1. The number of carboxylic acid groups (broad SMARTS) is 1. The minimum absolute atomic E-state index is 0.176. The first-order chi connectivity index (χ1) is 8.49. The lowest BCUT2D eigenvalue weighted by Gasteiger charge is -2.14. The molecule has 1 aliphatic rings. The molecule has 0 unspecified atom stereocenters. The molecule has 0 aromatic heterocycles. The van der Waals surface area contributed by atoms with Crippen LogP contribution in [0.25, 0.3) is 0 Å². The van der Waals surface area contributed by atoms with Crippen LogP contribution in [0, 0.1) is 13.8 Å². The van der Waals surface area contributed by atoms with Crippen LogP contribution in [-0.2, 0) is 9.59 Å². The van der Waals surface area contributed by atoms with Gasteiger partial charge in [-0.05, 0) is 35.6 Å². The van der Waals surface area contributed by atoms with Gasteiger partial charge in [0, 0.05) is 11.6 Å². The number of carbonyl (C=O) groups is 2. The minimum Gasteiger partial charge on any atom is -0.548 e. The topological polar surface area (TPSA) is 72.6 Å². The Morgan fingerprint density at radius 2 is 2.17 bits per heavy atom. The van der Waals surface area contributed by atoms with Crippen molar-refractivity contribution >= 4 is 17.6 Å². The van der Waals surface area contributed by atoms with Crippen LogP contribution in [0.3, 0.4) is 0 Å². The van der Waals surface area contributed by atoms with Gasteiger partial charge in [-0.15, -0.1) is 0 Å². The molecule has 1 amide bonds. The highest BCUT2D eigenvalue weighted by atomic mass is 16.4. The number of amides is 1. The van der Waals surface area contributed by atoms with Gasteiger partial charge in [0.1, 0.15) is 0 Å². The molecule has 0 radical (unpaired) electrons. The molecular formula is C13H14N2O3. The van der Waals surface area contributed by atoms with Gasteiger partial charge in [0.2, 0.25) is 5.69 Å². The molecule has 0 saturated carbocycles. The number of hydrogen-bond donors (Lipinski definition) is 0. The standard InChI is InChI=1S/C13H14N2O3/c1-8-3-4-9(2)11(7-8)15-12(16)6-5-10(14-15)13(17)18/h3-4,7,10H,5-6H2,1-2H3/t10-/m0/s1. The number of rotatable bonds is 2. The Balaban J connectivity index is 2.49. The van der Waals surface area contributed by atoms with Crippen LogP contribution in [0.1, 0.15) is 24.0 Å². The van der Waals surface area contributed by atoms with Crippen molar-refractivity contribution < 1.29 is 19.4 Å². The summed E-state index contributed by atoms with van der Waals surface area (Å²) >= 11 is 0. The molecule has 0 N–H and O–H groups in total. The first kappa shape index (κ1) is 12.4. The first-order valence-corrected chi connectivity index (χ1v) is 5.81. The predicted octanol–water partition coefficient (Wildman–Crippen LogP) is 0.839. The third kappa shape index (κ3) is 2.30. The minimum atomic E-state index is -1.24. The molecule has 0 saturated heterocycles. The number of azo groups is 2. The Bertz CT molecular complexity index is 549. The number of aryl methyl sites for hydroxylation is 2. The van der Waals surface area contributed by atoms with Gasteiger partial charge in [-0.3, -0.25) is 0 Å². The molecule has 0 fully saturated rings. The van der Waals surface area contributed by atoms with E-state index in [2.05, 4.69) is 5.11 Å². The van der Waals surface area contributed by atoms with Gasteiger partial charge >= 0.3 is 5.91 Å². The van der Waals surface area contributed by atoms with Gasteiger partial charge in [-0.2, -0.15) is 0 Å². The third-order valence-corrected chi connectivity index (χ3v) is 2.99. The molecule has 18 heavy (non-hydrogen) atoms. The molecule has 1 heterocycles. The van der Waals surface area contributed by atoms with Crippen molar-refractivity contribution in [2.45, 2.75) is 32.7 Å². The zero-order valence-corrected chi connectivity index (χ0v) is 10.3. The second-order valence-corrected chi connectivity index (χ2v) is 4.48. The molecule has 1 aromatic carbocycles. The summed E-state index contributed by atoms with van der Waals surface area (Å²) in [4.78, 5) is 22.7. The number of benzene rings is 1. The molecule has 1 aromatic rings. The highest BCUT2D eigenvalue weighted by molar-refractivity contribution is 5.76. The molecule has 1 atom stereocenters. The highest BCUT2D eigenvalue weighted by Crippen LogP contribution is 2.24. The molecule has 5 heteroatoms. The quantitative estimate of drug-likeness (QED) is 0.726. The second-order valence-electron chi connectivity index (χ2n) is 4.48. The van der Waals surface area contributed by atoms with Crippen LogP contribution >= 0.6 is 0 Å². The van der Waals surface area contributed by atoms with E-state index in [0.29, 0.717) is 5.69 Å². The predicted molar refractivity (Wildman–Crippen MR) is 61.3 cm³/mol. The van der Waals surface area contributed by atoms with E-state index < -0.39 is 12.0 Å². The summed E-state index contributed by atoms with van der Waals surface area (Å²) in [5.74, 6) is -1.42. The summed E-state index contributed by atoms with van der Waals surface area (Å²) in [6.45, 7) is 3.77. The van der Waals surface area contributed by atoms with Crippen LogP contribution in [0.15, 0.2) is 23.3 Å². The zero-order chi connectivity index (χ0) is 13.3. The van der Waals surface area contributed by atoms with Crippen molar-refractivity contribution in [1.29, 1.82) is 0 Å². The first-order valence-electron chi connectivity index (χ1n) is 5.81. The molecule has 5 nitrogen and oxygen atoms in total. The number of hydrogen-bond acceptors (Lipinski definition) is 4. The lowest BCUT2D eigenvalue weighted by Crippen LogP contribution is -2.39. The van der Waals surface area contributed by atoms with Crippen molar-refractivity contribution in [3.05, 3.63) is 29.3 Å². The number of nitrogens with zero attached hydrogens (tertiary/aromatic N) is 2. The van der Waals surface area contributed by atoms with Crippen LogP contribution in [0.5, 0.6) is 0 Å². The fraction of sp³-hybridized carbons (Fsp3) is 0.385. The van der Waals surface area contributed by atoms with Gasteiger partial charge in [-0.25, -0.2) is 4.79 Å². The Morgan fingerprint density at radius 3 is 2.83 bits per heavy atom. The fourth-order valence-electron chi connectivity index (χ4n) is 1.94. The van der Waals surface area contributed by atoms with Crippen molar-refractivity contribution in [2.75, 3.05) is 0 Å². The number of carbonyl (C=O) groups excluding carboxylic acids is 2. The summed E-state index contributed by atoms with van der Waals surface area (Å²) in [5.41, 5.74) is 2.52. The van der Waals surface area contributed by atoms with Crippen molar-refractivity contribution in [2.24, 2.45) is 5.11 Å². The summed E-state index contributed by atoms with van der Waals surface area (Å²) in [5, 5.41) is 14.8. The lowest BCUT2D eigenvalue weighted by atomic mass is 10.1. The van der Waals surface area contributed by atoms with Gasteiger partial charge < -0.3 is 9.90 Å². The molecule has 94 valence electrons. The molecule has 2 rings (SSSR count). The Kier molecular flexibility index (Phi) is 3.23. The summed E-state index contributed by atoms with van der Waals surface area (Å²) in [6, 6.07) is 4.70. The van der Waals surface area contributed by atoms with E-state index >= 15 is 0 Å². The van der Waals surface area contributed by atoms with Crippen molar-refractivity contribution in [3.63, 3.8) is 0 Å². The maximum absolute atomic E-state index is 11.8. The molecule has 0 spiro atoms. The normalized spacial score (nSPS) is 19.6. The molecule has 0 aliphatic carbocycles. The largest absolute Gasteiger partial charge is 0.548 e. The van der Waals surface area contributed by atoms with E-state index in [-0.39, 0.29) is 18.7 Å².